The smallest absolute Gasteiger partial charge is 0.270 e. The number of rotatable bonds is 5. The van der Waals surface area contributed by atoms with Crippen LogP contribution in [0.15, 0.2) is 48.7 Å². The van der Waals surface area contributed by atoms with Crippen molar-refractivity contribution in [3.05, 3.63) is 65.5 Å². The lowest BCUT2D eigenvalue weighted by Crippen LogP contribution is -2.36. The van der Waals surface area contributed by atoms with Crippen LogP contribution in [-0.2, 0) is 6.54 Å². The van der Waals surface area contributed by atoms with Crippen LogP contribution < -0.4 is 10.6 Å². The highest BCUT2D eigenvalue weighted by atomic mass is 16.2. The molecule has 2 N–H and O–H groups in total. The SMILES string of the molecule is O=C(NCc1ccccc1)c1ccnc(C(=O)NC2CCCCC2)c1. The van der Waals surface area contributed by atoms with Crippen molar-refractivity contribution in [3.63, 3.8) is 0 Å². The Labute approximate surface area is 147 Å². The molecule has 5 heteroatoms. The van der Waals surface area contributed by atoms with Crippen molar-refractivity contribution in [2.45, 2.75) is 44.7 Å². The Kier molecular flexibility index (Phi) is 5.77. The number of hydrogen-bond donors (Lipinski definition) is 2. The van der Waals surface area contributed by atoms with Crippen molar-refractivity contribution in [1.82, 2.24) is 15.6 Å². The van der Waals surface area contributed by atoms with Gasteiger partial charge in [0.15, 0.2) is 0 Å². The molecule has 1 aliphatic carbocycles. The topological polar surface area (TPSA) is 71.1 Å². The molecular weight excluding hydrogens is 314 g/mol. The zero-order valence-corrected chi connectivity index (χ0v) is 14.2. The molecule has 130 valence electrons. The molecule has 0 radical (unpaired) electrons. The highest BCUT2D eigenvalue weighted by Gasteiger charge is 2.18. The lowest BCUT2D eigenvalue weighted by Gasteiger charge is -2.22. The number of carbonyl (C=O) groups excluding carboxylic acids is 2. The molecule has 1 aromatic heterocycles. The number of nitrogens with zero attached hydrogens (tertiary/aromatic N) is 1. The Morgan fingerprint density at radius 1 is 1.00 bits per heavy atom. The van der Waals surface area contributed by atoms with E-state index in [0.717, 1.165) is 31.2 Å². The van der Waals surface area contributed by atoms with Gasteiger partial charge in [0.1, 0.15) is 5.69 Å². The van der Waals surface area contributed by atoms with Crippen LogP contribution in [0.25, 0.3) is 0 Å². The van der Waals surface area contributed by atoms with Gasteiger partial charge in [-0.15, -0.1) is 0 Å². The molecule has 1 heterocycles. The maximum Gasteiger partial charge on any atom is 0.270 e. The second-order valence-electron chi connectivity index (χ2n) is 6.41. The molecule has 1 fully saturated rings. The fourth-order valence-corrected chi connectivity index (χ4v) is 3.08. The minimum Gasteiger partial charge on any atom is -0.348 e. The minimum atomic E-state index is -0.210. The standard InChI is InChI=1S/C20H23N3O2/c24-19(22-14-15-7-3-1-4-8-15)16-11-12-21-18(13-16)20(25)23-17-9-5-2-6-10-17/h1,3-4,7-8,11-13,17H,2,5-6,9-10,14H2,(H,22,24)(H,23,25). The van der Waals surface area contributed by atoms with Gasteiger partial charge in [0.2, 0.25) is 0 Å². The van der Waals surface area contributed by atoms with Crippen molar-refractivity contribution in [2.24, 2.45) is 0 Å². The van der Waals surface area contributed by atoms with Crippen LogP contribution in [0.3, 0.4) is 0 Å². The third kappa shape index (κ3) is 4.89. The first-order valence-electron chi connectivity index (χ1n) is 8.81. The summed E-state index contributed by atoms with van der Waals surface area (Å²) < 4.78 is 0. The number of carbonyl (C=O) groups is 2. The summed E-state index contributed by atoms with van der Waals surface area (Å²) in [4.78, 5) is 28.8. The number of nitrogens with one attached hydrogen (secondary N) is 2. The van der Waals surface area contributed by atoms with Crippen molar-refractivity contribution in [1.29, 1.82) is 0 Å². The second kappa shape index (κ2) is 8.42. The lowest BCUT2D eigenvalue weighted by atomic mass is 9.95. The molecule has 1 aromatic carbocycles. The molecule has 0 unspecified atom stereocenters. The maximum absolute atomic E-state index is 12.4. The van der Waals surface area contributed by atoms with E-state index >= 15 is 0 Å². The highest BCUT2D eigenvalue weighted by Crippen LogP contribution is 2.17. The molecule has 0 aliphatic heterocycles. The van der Waals surface area contributed by atoms with E-state index in [9.17, 15) is 9.59 Å². The van der Waals surface area contributed by atoms with Gasteiger partial charge in [0, 0.05) is 24.3 Å². The summed E-state index contributed by atoms with van der Waals surface area (Å²) in [6.07, 6.45) is 7.08. The van der Waals surface area contributed by atoms with E-state index in [2.05, 4.69) is 15.6 Å². The number of aromatic nitrogens is 1. The zero-order chi connectivity index (χ0) is 17.5. The first-order chi connectivity index (χ1) is 12.2. The van der Waals surface area contributed by atoms with Crippen molar-refractivity contribution in [3.8, 4) is 0 Å². The Balaban J connectivity index is 1.60. The third-order valence-corrected chi connectivity index (χ3v) is 4.49. The van der Waals surface area contributed by atoms with Crippen LogP contribution in [0.5, 0.6) is 0 Å². The Morgan fingerprint density at radius 3 is 2.52 bits per heavy atom. The third-order valence-electron chi connectivity index (χ3n) is 4.49. The Hall–Kier alpha value is -2.69. The van der Waals surface area contributed by atoms with Crippen LogP contribution >= 0.6 is 0 Å². The normalized spacial score (nSPS) is 14.7. The van der Waals surface area contributed by atoms with Gasteiger partial charge in [0.05, 0.1) is 0 Å². The van der Waals surface area contributed by atoms with Crippen LogP contribution in [0.2, 0.25) is 0 Å². The monoisotopic (exact) mass is 337 g/mol. The largest absolute Gasteiger partial charge is 0.348 e. The molecule has 2 amide bonds. The van der Waals surface area contributed by atoms with Gasteiger partial charge in [-0.05, 0) is 30.5 Å². The summed E-state index contributed by atoms with van der Waals surface area (Å²) in [5.41, 5.74) is 1.76. The molecular formula is C20H23N3O2. The highest BCUT2D eigenvalue weighted by molar-refractivity contribution is 5.98. The van der Waals surface area contributed by atoms with Crippen molar-refractivity contribution < 1.29 is 9.59 Å². The molecule has 3 rings (SSSR count). The van der Waals surface area contributed by atoms with Gasteiger partial charge in [-0.1, -0.05) is 49.6 Å². The summed E-state index contributed by atoms with van der Waals surface area (Å²) in [6.45, 7) is 0.450. The van der Waals surface area contributed by atoms with E-state index in [4.69, 9.17) is 0 Å². The summed E-state index contributed by atoms with van der Waals surface area (Å²) in [5.74, 6) is -0.414. The van der Waals surface area contributed by atoms with E-state index in [1.807, 2.05) is 30.3 Å². The average molecular weight is 337 g/mol. The van der Waals surface area contributed by atoms with Crippen LogP contribution in [0, 0.1) is 0 Å². The van der Waals surface area contributed by atoms with E-state index in [-0.39, 0.29) is 23.6 Å². The fourth-order valence-electron chi connectivity index (χ4n) is 3.08. The summed E-state index contributed by atoms with van der Waals surface area (Å²) >= 11 is 0. The van der Waals surface area contributed by atoms with E-state index in [1.54, 1.807) is 12.1 Å². The van der Waals surface area contributed by atoms with E-state index in [1.165, 1.54) is 12.6 Å². The summed E-state index contributed by atoms with van der Waals surface area (Å²) in [6, 6.07) is 13.1. The van der Waals surface area contributed by atoms with Gasteiger partial charge in [0.25, 0.3) is 11.8 Å². The molecule has 1 aliphatic rings. The second-order valence-corrected chi connectivity index (χ2v) is 6.41. The molecule has 0 spiro atoms. The van der Waals surface area contributed by atoms with E-state index < -0.39 is 0 Å². The van der Waals surface area contributed by atoms with Crippen LogP contribution in [0.4, 0.5) is 0 Å². The molecule has 0 saturated heterocycles. The number of amides is 2. The van der Waals surface area contributed by atoms with Crippen LogP contribution in [0.1, 0.15) is 58.5 Å². The van der Waals surface area contributed by atoms with Crippen LogP contribution in [-0.4, -0.2) is 22.8 Å². The summed E-state index contributed by atoms with van der Waals surface area (Å²) in [7, 11) is 0. The number of benzene rings is 1. The van der Waals surface area contributed by atoms with Gasteiger partial charge >= 0.3 is 0 Å². The predicted octanol–water partition coefficient (Wildman–Crippen LogP) is 3.07. The van der Waals surface area contributed by atoms with Crippen molar-refractivity contribution in [2.75, 3.05) is 0 Å². The lowest BCUT2D eigenvalue weighted by molar-refractivity contribution is 0.0922. The first-order valence-corrected chi connectivity index (χ1v) is 8.81. The molecule has 0 atom stereocenters. The van der Waals surface area contributed by atoms with Crippen molar-refractivity contribution >= 4 is 11.8 Å². The van der Waals surface area contributed by atoms with Gasteiger partial charge < -0.3 is 10.6 Å². The number of hydrogen-bond acceptors (Lipinski definition) is 3. The maximum atomic E-state index is 12.4. The van der Waals surface area contributed by atoms with Gasteiger partial charge in [-0.2, -0.15) is 0 Å². The Morgan fingerprint density at radius 2 is 1.76 bits per heavy atom. The molecule has 0 bridgehead atoms. The molecule has 25 heavy (non-hydrogen) atoms. The molecule has 1 saturated carbocycles. The van der Waals surface area contributed by atoms with E-state index in [0.29, 0.717) is 12.1 Å². The van der Waals surface area contributed by atoms with Gasteiger partial charge in [-0.3, -0.25) is 14.6 Å². The quantitative estimate of drug-likeness (QED) is 0.881. The first kappa shape index (κ1) is 17.1. The fraction of sp³-hybridized carbons (Fsp3) is 0.350. The predicted molar refractivity (Wildman–Crippen MR) is 96.2 cm³/mol. The number of pyridine rings is 1. The average Bonchev–Trinajstić information content (AvgIpc) is 2.68. The molecule has 2 aromatic rings. The minimum absolute atomic E-state index is 0.204. The molecule has 5 nitrogen and oxygen atoms in total. The van der Waals surface area contributed by atoms with Gasteiger partial charge in [-0.25, -0.2) is 0 Å². The zero-order valence-electron chi connectivity index (χ0n) is 14.2. The summed E-state index contributed by atoms with van der Waals surface area (Å²) in [5, 5.41) is 5.89. The Bertz CT molecular complexity index is 725.